The molecule has 2 aliphatic heterocycles. The van der Waals surface area contributed by atoms with Gasteiger partial charge in [0, 0.05) is 23.1 Å². The summed E-state index contributed by atoms with van der Waals surface area (Å²) in [6.07, 6.45) is 0.466. The molecular weight excluding hydrogens is 420 g/mol. The molecule has 2 heterocycles. The third-order valence-electron chi connectivity index (χ3n) is 5.10. The van der Waals surface area contributed by atoms with Gasteiger partial charge in [-0.05, 0) is 43.7 Å². The highest BCUT2D eigenvalue weighted by atomic mass is 32.2. The van der Waals surface area contributed by atoms with Crippen LogP contribution >= 0.6 is 23.5 Å². The first-order valence-corrected chi connectivity index (χ1v) is 11.4. The van der Waals surface area contributed by atoms with Crippen molar-refractivity contribution in [1.82, 2.24) is 10.2 Å². The van der Waals surface area contributed by atoms with E-state index in [2.05, 4.69) is 5.32 Å². The summed E-state index contributed by atoms with van der Waals surface area (Å²) in [6, 6.07) is 13.0. The van der Waals surface area contributed by atoms with E-state index in [0.717, 1.165) is 33.3 Å². The Bertz CT molecular complexity index is 993. The lowest BCUT2D eigenvalue weighted by Crippen LogP contribution is -2.42. The van der Waals surface area contributed by atoms with E-state index in [1.807, 2.05) is 61.2 Å². The van der Waals surface area contributed by atoms with Crippen molar-refractivity contribution in [2.75, 3.05) is 13.2 Å². The summed E-state index contributed by atoms with van der Waals surface area (Å²) in [6.45, 7) is 4.91. The first kappa shape index (κ1) is 20.8. The fourth-order valence-electron chi connectivity index (χ4n) is 3.51. The van der Waals surface area contributed by atoms with Gasteiger partial charge < -0.3 is 15.0 Å². The highest BCUT2D eigenvalue weighted by molar-refractivity contribution is 8.26. The van der Waals surface area contributed by atoms with Gasteiger partial charge >= 0.3 is 0 Å². The second kappa shape index (κ2) is 8.73. The average Bonchev–Trinajstić information content (AvgIpc) is 3.03. The van der Waals surface area contributed by atoms with Crippen LogP contribution in [-0.4, -0.2) is 45.7 Å². The largest absolute Gasteiger partial charge is 0.492 e. The molecule has 2 aromatic rings. The predicted octanol–water partition coefficient (Wildman–Crippen LogP) is 3.86. The number of carbonyl (C=O) groups is 3. The fourth-order valence-corrected chi connectivity index (χ4v) is 5.30. The van der Waals surface area contributed by atoms with Crippen molar-refractivity contribution in [2.24, 2.45) is 0 Å². The monoisotopic (exact) mass is 442 g/mol. The number of nitrogens with one attached hydrogen (secondary N) is 1. The van der Waals surface area contributed by atoms with Gasteiger partial charge in [-0.15, -0.1) is 11.8 Å². The zero-order valence-corrected chi connectivity index (χ0v) is 18.3. The summed E-state index contributed by atoms with van der Waals surface area (Å²) in [5.74, 6) is 0.746. The van der Waals surface area contributed by atoms with E-state index in [-0.39, 0.29) is 21.6 Å². The maximum absolute atomic E-state index is 12.9. The van der Waals surface area contributed by atoms with Crippen LogP contribution < -0.4 is 10.1 Å². The van der Waals surface area contributed by atoms with Crippen LogP contribution in [0.5, 0.6) is 5.75 Å². The summed E-state index contributed by atoms with van der Waals surface area (Å²) in [5, 5.41) is 2.28. The Kier molecular flexibility index (Phi) is 6.06. The van der Waals surface area contributed by atoms with E-state index in [9.17, 15) is 14.4 Å². The number of hydrogen-bond acceptors (Lipinski definition) is 6. The van der Waals surface area contributed by atoms with Crippen molar-refractivity contribution in [3.05, 3.63) is 59.2 Å². The lowest BCUT2D eigenvalue weighted by molar-refractivity contribution is -0.112. The lowest BCUT2D eigenvalue weighted by atomic mass is 10.1. The van der Waals surface area contributed by atoms with E-state index in [1.54, 1.807) is 11.8 Å². The molecule has 0 aromatic heterocycles. The van der Waals surface area contributed by atoms with E-state index < -0.39 is 6.04 Å². The second-order valence-electron chi connectivity index (χ2n) is 7.32. The Hall–Kier alpha value is -2.45. The molecule has 2 amide bonds. The number of hydrogen-bond donors (Lipinski definition) is 1. The summed E-state index contributed by atoms with van der Waals surface area (Å²) in [4.78, 5) is 38.7. The quantitative estimate of drug-likeness (QED) is 0.732. The first-order valence-electron chi connectivity index (χ1n) is 9.73. The van der Waals surface area contributed by atoms with Gasteiger partial charge in [0.1, 0.15) is 18.4 Å². The Morgan fingerprint density at radius 2 is 1.87 bits per heavy atom. The maximum Gasteiger partial charge on any atom is 0.287 e. The zero-order chi connectivity index (χ0) is 21.3. The van der Waals surface area contributed by atoms with Crippen molar-refractivity contribution in [2.45, 2.75) is 36.6 Å². The topological polar surface area (TPSA) is 75.7 Å². The standard InChI is InChI=1S/C22H22N2O4S2/c1-13-3-8-19-17(11-13)20(25)24(14(2)29-19)9-10-28-16-6-4-15(5-7-16)12-18-21(26)30-22(27)23-18/h3-8,11,14,18H,9-10,12H2,1-2H3,(H,23,27). The van der Waals surface area contributed by atoms with Gasteiger partial charge in [-0.3, -0.25) is 14.4 Å². The molecule has 2 atom stereocenters. The molecule has 0 aliphatic carbocycles. The Morgan fingerprint density at radius 3 is 2.57 bits per heavy atom. The number of fused-ring (bicyclic) bond motifs is 1. The molecule has 1 fully saturated rings. The fraction of sp³-hybridized carbons (Fsp3) is 0.318. The smallest absolute Gasteiger partial charge is 0.287 e. The maximum atomic E-state index is 12.9. The summed E-state index contributed by atoms with van der Waals surface area (Å²) < 4.78 is 5.84. The zero-order valence-electron chi connectivity index (χ0n) is 16.7. The number of amides is 2. The molecule has 0 spiro atoms. The minimum atomic E-state index is -0.468. The molecule has 2 unspecified atom stereocenters. The average molecular weight is 443 g/mol. The molecule has 156 valence electrons. The van der Waals surface area contributed by atoms with Crippen LogP contribution in [0, 0.1) is 6.92 Å². The molecule has 0 radical (unpaired) electrons. The van der Waals surface area contributed by atoms with Gasteiger partial charge in [-0.25, -0.2) is 0 Å². The SMILES string of the molecule is Cc1ccc2c(c1)C(=O)N(CCOc1ccc(CC3NC(=O)SC3=O)cc1)C(C)S2. The number of carbonyl (C=O) groups excluding carboxylic acids is 3. The predicted molar refractivity (Wildman–Crippen MR) is 118 cm³/mol. The van der Waals surface area contributed by atoms with Crippen LogP contribution in [0.15, 0.2) is 47.4 Å². The van der Waals surface area contributed by atoms with Crippen LogP contribution in [-0.2, 0) is 11.2 Å². The third-order valence-corrected chi connectivity index (χ3v) is 7.09. The van der Waals surface area contributed by atoms with E-state index in [4.69, 9.17) is 4.74 Å². The third kappa shape index (κ3) is 4.49. The van der Waals surface area contributed by atoms with Crippen LogP contribution in [0.2, 0.25) is 0 Å². The van der Waals surface area contributed by atoms with Gasteiger partial charge in [0.05, 0.1) is 17.5 Å². The number of benzene rings is 2. The minimum Gasteiger partial charge on any atom is -0.492 e. The summed E-state index contributed by atoms with van der Waals surface area (Å²) in [7, 11) is 0. The van der Waals surface area contributed by atoms with Gasteiger partial charge in [0.25, 0.3) is 11.1 Å². The number of nitrogens with zero attached hydrogens (tertiary/aromatic N) is 1. The van der Waals surface area contributed by atoms with Crippen molar-refractivity contribution in [1.29, 1.82) is 0 Å². The van der Waals surface area contributed by atoms with E-state index in [0.29, 0.717) is 25.3 Å². The minimum absolute atomic E-state index is 0.0417. The molecule has 2 aliphatic rings. The summed E-state index contributed by atoms with van der Waals surface area (Å²) >= 11 is 2.41. The van der Waals surface area contributed by atoms with Gasteiger partial charge in [0.15, 0.2) is 0 Å². The van der Waals surface area contributed by atoms with Crippen molar-refractivity contribution in [3.63, 3.8) is 0 Å². The molecule has 1 N–H and O–H groups in total. The summed E-state index contributed by atoms with van der Waals surface area (Å²) in [5.41, 5.74) is 2.78. The first-order chi connectivity index (χ1) is 14.4. The highest BCUT2D eigenvalue weighted by Gasteiger charge is 2.31. The van der Waals surface area contributed by atoms with E-state index in [1.165, 1.54) is 0 Å². The van der Waals surface area contributed by atoms with Gasteiger partial charge in [-0.1, -0.05) is 23.8 Å². The molecular formula is C22H22N2O4S2. The Balaban J connectivity index is 1.31. The molecule has 0 saturated carbocycles. The normalized spacial score (nSPS) is 20.9. The number of aryl methyl sites for hydroxylation is 1. The molecule has 2 aromatic carbocycles. The lowest BCUT2D eigenvalue weighted by Gasteiger charge is -2.34. The van der Waals surface area contributed by atoms with E-state index >= 15 is 0 Å². The second-order valence-corrected chi connectivity index (χ2v) is 9.65. The molecule has 1 saturated heterocycles. The molecule has 8 heteroatoms. The van der Waals surface area contributed by atoms with Crippen molar-refractivity contribution in [3.8, 4) is 5.75 Å². The molecule has 6 nitrogen and oxygen atoms in total. The number of thioether (sulfide) groups is 2. The Labute approximate surface area is 183 Å². The Morgan fingerprint density at radius 1 is 1.10 bits per heavy atom. The van der Waals surface area contributed by atoms with Crippen molar-refractivity contribution >= 4 is 39.8 Å². The van der Waals surface area contributed by atoms with Crippen molar-refractivity contribution < 1.29 is 19.1 Å². The molecule has 4 rings (SSSR count). The van der Waals surface area contributed by atoms with Crippen LogP contribution in [0.4, 0.5) is 4.79 Å². The van der Waals surface area contributed by atoms with Crippen LogP contribution in [0.3, 0.4) is 0 Å². The number of rotatable bonds is 6. The molecule has 0 bridgehead atoms. The highest BCUT2D eigenvalue weighted by Crippen LogP contribution is 2.35. The molecule has 30 heavy (non-hydrogen) atoms. The van der Waals surface area contributed by atoms with Crippen LogP contribution in [0.1, 0.15) is 28.4 Å². The number of ether oxygens (including phenoxy) is 1. The van der Waals surface area contributed by atoms with Crippen LogP contribution in [0.25, 0.3) is 0 Å². The van der Waals surface area contributed by atoms with Gasteiger partial charge in [-0.2, -0.15) is 0 Å². The van der Waals surface area contributed by atoms with Gasteiger partial charge in [0.2, 0.25) is 5.12 Å².